The fraction of sp³-hybridized carbons (Fsp3) is 0.316. The van der Waals surface area contributed by atoms with Gasteiger partial charge in [-0.3, -0.25) is 4.90 Å². The molecule has 1 saturated heterocycles. The van der Waals surface area contributed by atoms with Gasteiger partial charge in [0.2, 0.25) is 5.60 Å². The van der Waals surface area contributed by atoms with E-state index in [2.05, 4.69) is 15.2 Å². The van der Waals surface area contributed by atoms with E-state index in [0.29, 0.717) is 38.2 Å². The van der Waals surface area contributed by atoms with Crippen molar-refractivity contribution in [2.75, 3.05) is 13.1 Å². The van der Waals surface area contributed by atoms with Gasteiger partial charge in [-0.2, -0.15) is 0 Å². The Hall–Kier alpha value is -2.93. The zero-order valence-electron chi connectivity index (χ0n) is 14.2. The van der Waals surface area contributed by atoms with Crippen LogP contribution in [-0.4, -0.2) is 45.0 Å². The van der Waals surface area contributed by atoms with Crippen LogP contribution in [-0.2, 0) is 11.3 Å². The molecule has 0 saturated carbocycles. The summed E-state index contributed by atoms with van der Waals surface area (Å²) in [5.41, 5.74) is 1.32. The quantitative estimate of drug-likeness (QED) is 0.754. The first-order valence-corrected chi connectivity index (χ1v) is 8.56. The third kappa shape index (κ3) is 3.13. The number of para-hydroxylation sites is 1. The summed E-state index contributed by atoms with van der Waals surface area (Å²) in [5.74, 6) is -0.328. The predicted molar refractivity (Wildman–Crippen MR) is 93.8 cm³/mol. The number of carbonyl (C=O) groups is 1. The molecule has 4 rings (SSSR count). The van der Waals surface area contributed by atoms with Crippen molar-refractivity contribution in [3.8, 4) is 5.75 Å². The van der Waals surface area contributed by atoms with Crippen LogP contribution in [0.15, 0.2) is 53.2 Å². The number of aromatic nitrogens is 2. The van der Waals surface area contributed by atoms with E-state index in [-0.39, 0.29) is 0 Å². The van der Waals surface area contributed by atoms with E-state index >= 15 is 0 Å². The Kier molecular flexibility index (Phi) is 4.30. The Morgan fingerprint density at radius 1 is 1.12 bits per heavy atom. The van der Waals surface area contributed by atoms with E-state index < -0.39 is 11.6 Å². The third-order valence-electron chi connectivity index (χ3n) is 4.87. The van der Waals surface area contributed by atoms with E-state index in [1.807, 2.05) is 36.4 Å². The average Bonchev–Trinajstić information content (AvgIpc) is 3.14. The van der Waals surface area contributed by atoms with Gasteiger partial charge < -0.3 is 9.84 Å². The molecule has 134 valence electrons. The van der Waals surface area contributed by atoms with Gasteiger partial charge >= 0.3 is 5.97 Å². The molecule has 0 aliphatic carbocycles. The van der Waals surface area contributed by atoms with Crippen molar-refractivity contribution in [1.82, 2.24) is 15.2 Å². The number of likely N-dealkylation sites (tertiary alicyclic amines) is 1. The standard InChI is InChI=1S/C19H19N3O4/c23-18(24)19(25-15-6-2-1-3-7-15)9-11-22(12-10-19)13-14-5-4-8-16-17(14)21-26-20-16/h1-8H,9-13H2,(H,23,24). The van der Waals surface area contributed by atoms with Crippen LogP contribution >= 0.6 is 0 Å². The Labute approximate surface area is 150 Å². The van der Waals surface area contributed by atoms with Crippen LogP contribution in [0.2, 0.25) is 0 Å². The highest BCUT2D eigenvalue weighted by Gasteiger charge is 2.44. The Morgan fingerprint density at radius 3 is 2.62 bits per heavy atom. The monoisotopic (exact) mass is 353 g/mol. The first kappa shape index (κ1) is 16.5. The second kappa shape index (κ2) is 6.76. The Balaban J connectivity index is 1.46. The predicted octanol–water partition coefficient (Wildman–Crippen LogP) is 2.72. The van der Waals surface area contributed by atoms with Crippen molar-refractivity contribution >= 4 is 17.0 Å². The number of hydrogen-bond donors (Lipinski definition) is 1. The fourth-order valence-corrected chi connectivity index (χ4v) is 3.38. The molecule has 0 atom stereocenters. The largest absolute Gasteiger partial charge is 0.478 e. The summed E-state index contributed by atoms with van der Waals surface area (Å²) in [6.07, 6.45) is 0.842. The van der Waals surface area contributed by atoms with E-state index in [9.17, 15) is 9.90 Å². The van der Waals surface area contributed by atoms with Crippen LogP contribution in [0.5, 0.6) is 5.75 Å². The van der Waals surface area contributed by atoms with Gasteiger partial charge in [-0.15, -0.1) is 0 Å². The van der Waals surface area contributed by atoms with E-state index in [4.69, 9.17) is 9.37 Å². The van der Waals surface area contributed by atoms with Gasteiger partial charge in [0.15, 0.2) is 0 Å². The van der Waals surface area contributed by atoms with Gasteiger partial charge in [0.25, 0.3) is 0 Å². The summed E-state index contributed by atoms with van der Waals surface area (Å²) in [6.45, 7) is 1.92. The molecule has 1 N–H and O–H groups in total. The molecule has 2 heterocycles. The van der Waals surface area contributed by atoms with Crippen LogP contribution in [0.25, 0.3) is 11.0 Å². The lowest BCUT2D eigenvalue weighted by Gasteiger charge is -2.38. The number of piperidine rings is 1. The molecule has 0 radical (unpaired) electrons. The van der Waals surface area contributed by atoms with Crippen molar-refractivity contribution in [2.45, 2.75) is 25.0 Å². The van der Waals surface area contributed by atoms with Gasteiger partial charge in [0.1, 0.15) is 16.8 Å². The summed E-state index contributed by atoms with van der Waals surface area (Å²) >= 11 is 0. The van der Waals surface area contributed by atoms with Crippen molar-refractivity contribution in [3.63, 3.8) is 0 Å². The number of rotatable bonds is 5. The minimum absolute atomic E-state index is 0.421. The normalized spacial score (nSPS) is 17.2. The van der Waals surface area contributed by atoms with E-state index in [1.54, 1.807) is 12.1 Å². The number of carboxylic acid groups (broad SMARTS) is 1. The Morgan fingerprint density at radius 2 is 1.88 bits per heavy atom. The summed E-state index contributed by atoms with van der Waals surface area (Å²) < 4.78 is 10.7. The zero-order chi connectivity index (χ0) is 18.0. The topological polar surface area (TPSA) is 88.7 Å². The maximum atomic E-state index is 11.9. The number of aliphatic carboxylic acids is 1. The van der Waals surface area contributed by atoms with Crippen LogP contribution in [0.4, 0.5) is 0 Å². The van der Waals surface area contributed by atoms with Crippen molar-refractivity contribution < 1.29 is 19.3 Å². The van der Waals surface area contributed by atoms with Gasteiger partial charge in [-0.1, -0.05) is 30.3 Å². The molecule has 1 aliphatic rings. The highest BCUT2D eigenvalue weighted by atomic mass is 16.6. The smallest absolute Gasteiger partial charge is 0.348 e. The van der Waals surface area contributed by atoms with Gasteiger partial charge in [-0.05, 0) is 34.1 Å². The van der Waals surface area contributed by atoms with E-state index in [1.165, 1.54) is 0 Å². The molecule has 0 unspecified atom stereocenters. The van der Waals surface area contributed by atoms with Crippen molar-refractivity contribution in [3.05, 3.63) is 54.1 Å². The molecule has 0 bridgehead atoms. The summed E-state index contributed by atoms with van der Waals surface area (Å²) in [7, 11) is 0. The highest BCUT2D eigenvalue weighted by Crippen LogP contribution is 2.30. The third-order valence-corrected chi connectivity index (χ3v) is 4.87. The molecule has 7 heteroatoms. The lowest BCUT2D eigenvalue weighted by Crippen LogP contribution is -2.53. The van der Waals surface area contributed by atoms with E-state index in [0.717, 1.165) is 16.6 Å². The SMILES string of the molecule is O=C(O)C1(Oc2ccccc2)CCN(Cc2cccc3nonc23)CC1. The summed E-state index contributed by atoms with van der Waals surface area (Å²) in [6, 6.07) is 14.9. The minimum Gasteiger partial charge on any atom is -0.478 e. The average molecular weight is 353 g/mol. The summed E-state index contributed by atoms with van der Waals surface area (Å²) in [5, 5.41) is 17.6. The molecule has 26 heavy (non-hydrogen) atoms. The number of nitrogens with zero attached hydrogens (tertiary/aromatic N) is 3. The molecule has 0 spiro atoms. The molecule has 7 nitrogen and oxygen atoms in total. The first-order chi connectivity index (χ1) is 12.7. The molecule has 3 aromatic rings. The lowest BCUT2D eigenvalue weighted by molar-refractivity contribution is -0.159. The zero-order valence-corrected chi connectivity index (χ0v) is 14.2. The summed E-state index contributed by atoms with van der Waals surface area (Å²) in [4.78, 5) is 14.1. The second-order valence-corrected chi connectivity index (χ2v) is 6.54. The number of ether oxygens (including phenoxy) is 1. The molecular formula is C19H19N3O4. The minimum atomic E-state index is -1.18. The molecule has 2 aromatic carbocycles. The molecular weight excluding hydrogens is 334 g/mol. The van der Waals surface area contributed by atoms with Crippen molar-refractivity contribution in [2.24, 2.45) is 0 Å². The maximum Gasteiger partial charge on any atom is 0.348 e. The first-order valence-electron chi connectivity index (χ1n) is 8.56. The Bertz CT molecular complexity index is 901. The number of carboxylic acids is 1. The van der Waals surface area contributed by atoms with Crippen LogP contribution in [0.3, 0.4) is 0 Å². The van der Waals surface area contributed by atoms with Crippen LogP contribution < -0.4 is 4.74 Å². The molecule has 1 fully saturated rings. The molecule has 1 aromatic heterocycles. The number of benzene rings is 2. The van der Waals surface area contributed by atoms with Crippen LogP contribution in [0, 0.1) is 0 Å². The lowest BCUT2D eigenvalue weighted by atomic mass is 9.90. The second-order valence-electron chi connectivity index (χ2n) is 6.54. The molecule has 0 amide bonds. The van der Waals surface area contributed by atoms with Gasteiger partial charge in [0, 0.05) is 32.5 Å². The number of fused-ring (bicyclic) bond motifs is 1. The molecule has 1 aliphatic heterocycles. The van der Waals surface area contributed by atoms with Gasteiger partial charge in [-0.25, -0.2) is 9.42 Å². The maximum absolute atomic E-state index is 11.9. The van der Waals surface area contributed by atoms with Crippen molar-refractivity contribution in [1.29, 1.82) is 0 Å². The van der Waals surface area contributed by atoms with Gasteiger partial charge in [0.05, 0.1) is 0 Å². The fourth-order valence-electron chi connectivity index (χ4n) is 3.38. The van der Waals surface area contributed by atoms with Crippen LogP contribution in [0.1, 0.15) is 18.4 Å². The highest BCUT2D eigenvalue weighted by molar-refractivity contribution is 5.78. The number of hydrogen-bond acceptors (Lipinski definition) is 6.